The molecule has 4 rings (SSSR count). The number of likely N-dealkylation sites (tertiary alicyclic amines) is 1. The zero-order chi connectivity index (χ0) is 17.6. The van der Waals surface area contributed by atoms with Crippen LogP contribution in [0.5, 0.6) is 0 Å². The molecule has 3 heterocycles. The van der Waals surface area contributed by atoms with Crippen LogP contribution in [0.25, 0.3) is 0 Å². The smallest absolute Gasteiger partial charge is 0.231 e. The van der Waals surface area contributed by atoms with Gasteiger partial charge in [0.05, 0.1) is 23.1 Å². The van der Waals surface area contributed by atoms with E-state index in [2.05, 4.69) is 10.3 Å². The van der Waals surface area contributed by atoms with Crippen LogP contribution in [0.2, 0.25) is 0 Å². The number of sulfone groups is 1. The van der Waals surface area contributed by atoms with Crippen LogP contribution in [-0.4, -0.2) is 54.2 Å². The standard InChI is InChI=1S/C16H21N3O4S2/c20-14-7-10(8-19(14)11-5-6-25(22,23)9-11)15(21)18-16-17-12-3-1-2-4-13(12)24-16/h10-11H,1-9H2,(H,17,18,21)/t10-,11-/m1/s1. The Kier molecular flexibility index (Phi) is 4.31. The summed E-state index contributed by atoms with van der Waals surface area (Å²) in [7, 11) is -3.05. The molecule has 2 fully saturated rings. The Morgan fingerprint density at radius 2 is 2.08 bits per heavy atom. The number of thiazole rings is 1. The Bertz CT molecular complexity index is 794. The molecule has 1 aliphatic carbocycles. The van der Waals surface area contributed by atoms with Crippen LogP contribution in [0.15, 0.2) is 0 Å². The van der Waals surface area contributed by atoms with Gasteiger partial charge in [0.2, 0.25) is 11.8 Å². The van der Waals surface area contributed by atoms with Gasteiger partial charge in [-0.1, -0.05) is 0 Å². The number of nitrogens with zero attached hydrogens (tertiary/aromatic N) is 2. The van der Waals surface area contributed by atoms with Gasteiger partial charge in [0, 0.05) is 23.9 Å². The SMILES string of the molecule is O=C(Nc1nc2c(s1)CCCC2)[C@@H]1CC(=O)N([C@@H]2CCS(=O)(=O)C2)C1. The van der Waals surface area contributed by atoms with Crippen LogP contribution >= 0.6 is 11.3 Å². The van der Waals surface area contributed by atoms with Gasteiger partial charge in [-0.05, 0) is 32.1 Å². The van der Waals surface area contributed by atoms with Gasteiger partial charge >= 0.3 is 0 Å². The fourth-order valence-electron chi connectivity index (χ4n) is 3.89. The van der Waals surface area contributed by atoms with Crippen molar-refractivity contribution in [3.05, 3.63) is 10.6 Å². The monoisotopic (exact) mass is 383 g/mol. The summed E-state index contributed by atoms with van der Waals surface area (Å²) in [6, 6.07) is -0.275. The summed E-state index contributed by atoms with van der Waals surface area (Å²) in [4.78, 5) is 32.1. The molecule has 1 aromatic heterocycles. The highest BCUT2D eigenvalue weighted by Gasteiger charge is 2.42. The van der Waals surface area contributed by atoms with Gasteiger partial charge in [-0.15, -0.1) is 11.3 Å². The summed E-state index contributed by atoms with van der Waals surface area (Å²) < 4.78 is 23.3. The number of hydrogen-bond donors (Lipinski definition) is 1. The third-order valence-corrected chi connectivity index (χ3v) is 8.08. The van der Waals surface area contributed by atoms with Crippen molar-refractivity contribution in [3.8, 4) is 0 Å². The highest BCUT2D eigenvalue weighted by Crippen LogP contribution is 2.31. The van der Waals surface area contributed by atoms with Gasteiger partial charge in [-0.25, -0.2) is 13.4 Å². The maximum absolute atomic E-state index is 12.5. The van der Waals surface area contributed by atoms with Gasteiger partial charge in [-0.3, -0.25) is 9.59 Å². The number of carbonyl (C=O) groups is 2. The predicted molar refractivity (Wildman–Crippen MR) is 94.3 cm³/mol. The van der Waals surface area contributed by atoms with E-state index in [1.165, 1.54) is 22.6 Å². The number of hydrogen-bond acceptors (Lipinski definition) is 6. The van der Waals surface area contributed by atoms with E-state index < -0.39 is 15.8 Å². The summed E-state index contributed by atoms with van der Waals surface area (Å²) in [5, 5.41) is 3.48. The largest absolute Gasteiger partial charge is 0.338 e. The second-order valence-corrected chi connectivity index (χ2v) is 10.4. The van der Waals surface area contributed by atoms with Crippen molar-refractivity contribution < 1.29 is 18.0 Å². The summed E-state index contributed by atoms with van der Waals surface area (Å²) >= 11 is 1.53. The number of carbonyl (C=O) groups excluding carboxylic acids is 2. The molecule has 7 nitrogen and oxygen atoms in total. The van der Waals surface area contributed by atoms with Crippen molar-refractivity contribution in [1.82, 2.24) is 9.88 Å². The number of aryl methyl sites for hydroxylation is 2. The van der Waals surface area contributed by atoms with E-state index in [1.54, 1.807) is 4.90 Å². The number of amides is 2. The fourth-order valence-corrected chi connectivity index (χ4v) is 6.68. The van der Waals surface area contributed by atoms with Crippen LogP contribution in [0, 0.1) is 5.92 Å². The second-order valence-electron chi connectivity index (χ2n) is 7.09. The third kappa shape index (κ3) is 3.44. The van der Waals surface area contributed by atoms with Gasteiger partial charge < -0.3 is 10.2 Å². The third-order valence-electron chi connectivity index (χ3n) is 5.25. The molecule has 25 heavy (non-hydrogen) atoms. The molecule has 2 saturated heterocycles. The molecule has 1 N–H and O–H groups in total. The molecule has 2 amide bonds. The summed E-state index contributed by atoms with van der Waals surface area (Å²) in [6.07, 6.45) is 4.91. The van der Waals surface area contributed by atoms with Crippen molar-refractivity contribution in [1.29, 1.82) is 0 Å². The number of nitrogens with one attached hydrogen (secondary N) is 1. The molecule has 0 saturated carbocycles. The van der Waals surface area contributed by atoms with Gasteiger partial charge in [0.1, 0.15) is 0 Å². The van der Waals surface area contributed by atoms with E-state index in [4.69, 9.17) is 0 Å². The maximum atomic E-state index is 12.5. The Morgan fingerprint density at radius 1 is 1.28 bits per heavy atom. The number of aromatic nitrogens is 1. The van der Waals surface area contributed by atoms with E-state index in [-0.39, 0.29) is 35.8 Å². The first-order chi connectivity index (χ1) is 11.9. The quantitative estimate of drug-likeness (QED) is 0.840. The summed E-state index contributed by atoms with van der Waals surface area (Å²) in [5.74, 6) is -0.602. The van der Waals surface area contributed by atoms with E-state index in [1.807, 2.05) is 0 Å². The molecule has 0 bridgehead atoms. The Morgan fingerprint density at radius 3 is 2.80 bits per heavy atom. The van der Waals surface area contributed by atoms with Crippen LogP contribution in [-0.2, 0) is 32.3 Å². The highest BCUT2D eigenvalue weighted by molar-refractivity contribution is 7.91. The number of anilines is 1. The van der Waals surface area contributed by atoms with Crippen molar-refractivity contribution in [2.75, 3.05) is 23.4 Å². The van der Waals surface area contributed by atoms with Crippen molar-refractivity contribution in [2.45, 2.75) is 44.6 Å². The molecule has 1 aromatic rings. The Hall–Kier alpha value is -1.48. The Labute approximate surface area is 150 Å². The van der Waals surface area contributed by atoms with E-state index in [9.17, 15) is 18.0 Å². The van der Waals surface area contributed by atoms with Gasteiger partial charge in [0.15, 0.2) is 15.0 Å². The van der Waals surface area contributed by atoms with Crippen LogP contribution in [0.3, 0.4) is 0 Å². The topological polar surface area (TPSA) is 96.4 Å². The van der Waals surface area contributed by atoms with Crippen molar-refractivity contribution in [2.24, 2.45) is 5.92 Å². The summed E-state index contributed by atoms with van der Waals surface area (Å²) in [5.41, 5.74) is 1.09. The maximum Gasteiger partial charge on any atom is 0.231 e. The van der Waals surface area contributed by atoms with Crippen LogP contribution in [0.4, 0.5) is 5.13 Å². The summed E-state index contributed by atoms with van der Waals surface area (Å²) in [6.45, 7) is 0.302. The first-order valence-electron chi connectivity index (χ1n) is 8.70. The van der Waals surface area contributed by atoms with Gasteiger partial charge in [0.25, 0.3) is 0 Å². The van der Waals surface area contributed by atoms with E-state index in [0.29, 0.717) is 18.1 Å². The molecule has 3 aliphatic rings. The van der Waals surface area contributed by atoms with Crippen molar-refractivity contribution >= 4 is 38.1 Å². The molecule has 0 spiro atoms. The molecule has 0 aromatic carbocycles. The van der Waals surface area contributed by atoms with Crippen LogP contribution in [0.1, 0.15) is 36.3 Å². The fraction of sp³-hybridized carbons (Fsp3) is 0.688. The number of rotatable bonds is 3. The lowest BCUT2D eigenvalue weighted by molar-refractivity contribution is -0.129. The Balaban J connectivity index is 1.40. The van der Waals surface area contributed by atoms with E-state index >= 15 is 0 Å². The molecule has 136 valence electrons. The molecule has 2 atom stereocenters. The lowest BCUT2D eigenvalue weighted by Gasteiger charge is -2.22. The second kappa shape index (κ2) is 6.35. The first-order valence-corrected chi connectivity index (χ1v) is 11.3. The van der Waals surface area contributed by atoms with Crippen molar-refractivity contribution in [3.63, 3.8) is 0 Å². The first kappa shape index (κ1) is 17.0. The predicted octanol–water partition coefficient (Wildman–Crippen LogP) is 0.996. The zero-order valence-electron chi connectivity index (χ0n) is 13.9. The molecule has 2 aliphatic heterocycles. The highest BCUT2D eigenvalue weighted by atomic mass is 32.2. The average molecular weight is 383 g/mol. The minimum absolute atomic E-state index is 0.0201. The van der Waals surface area contributed by atoms with E-state index in [0.717, 1.165) is 25.0 Å². The lowest BCUT2D eigenvalue weighted by atomic mass is 10.0. The molecular formula is C16H21N3O4S2. The lowest BCUT2D eigenvalue weighted by Crippen LogP contribution is -2.38. The zero-order valence-corrected chi connectivity index (χ0v) is 15.5. The minimum Gasteiger partial charge on any atom is -0.338 e. The normalized spacial score (nSPS) is 28.2. The molecular weight excluding hydrogens is 362 g/mol. The molecule has 0 unspecified atom stereocenters. The number of fused-ring (bicyclic) bond motifs is 1. The van der Waals surface area contributed by atoms with Crippen LogP contribution < -0.4 is 5.32 Å². The molecule has 9 heteroatoms. The average Bonchev–Trinajstić information content (AvgIpc) is 3.23. The molecule has 0 radical (unpaired) electrons. The van der Waals surface area contributed by atoms with Gasteiger partial charge in [-0.2, -0.15) is 0 Å². The minimum atomic E-state index is -3.05.